The van der Waals surface area contributed by atoms with Crippen molar-refractivity contribution in [3.8, 4) is 6.07 Å². The van der Waals surface area contributed by atoms with Crippen LogP contribution in [0.25, 0.3) is 0 Å². The van der Waals surface area contributed by atoms with Crippen molar-refractivity contribution in [1.82, 2.24) is 25.1 Å². The molecule has 0 fully saturated rings. The van der Waals surface area contributed by atoms with E-state index in [1.165, 1.54) is 23.1 Å². The molecule has 0 saturated carbocycles. The third-order valence-electron chi connectivity index (χ3n) is 3.77. The lowest BCUT2D eigenvalue weighted by Gasteiger charge is -2.09. The number of anilines is 3. The van der Waals surface area contributed by atoms with Gasteiger partial charge in [-0.05, 0) is 6.07 Å². The first-order valence-electron chi connectivity index (χ1n) is 8.58. The van der Waals surface area contributed by atoms with Crippen LogP contribution in [-0.2, 0) is 17.9 Å². The smallest absolute Gasteiger partial charge is 0.242 e. The standard InChI is InChI=1S/C18H15F3N8O/c19-11-5-14(20)13(15(21)6-11)8-25-16-1-3-24-18(28-16)27-12-7-26-29(9-12)10-17(30)23-4-2-22/h1,3,5-7,9H,4,8,10H2,(H,23,30)(H2,24,25,27,28). The fourth-order valence-electron chi connectivity index (χ4n) is 2.42. The van der Waals surface area contributed by atoms with Crippen LogP contribution < -0.4 is 16.0 Å². The van der Waals surface area contributed by atoms with Gasteiger partial charge in [-0.2, -0.15) is 15.3 Å². The van der Waals surface area contributed by atoms with Gasteiger partial charge in [0.15, 0.2) is 0 Å². The Morgan fingerprint density at radius 2 is 2.00 bits per heavy atom. The molecule has 0 spiro atoms. The highest BCUT2D eigenvalue weighted by molar-refractivity contribution is 5.75. The molecule has 3 N–H and O–H groups in total. The van der Waals surface area contributed by atoms with E-state index in [2.05, 4.69) is 31.0 Å². The number of carbonyl (C=O) groups is 1. The molecule has 0 unspecified atom stereocenters. The number of carbonyl (C=O) groups excluding carboxylic acids is 1. The molecule has 0 atom stereocenters. The zero-order valence-corrected chi connectivity index (χ0v) is 15.4. The average Bonchev–Trinajstić information content (AvgIpc) is 3.12. The second kappa shape index (κ2) is 9.37. The quantitative estimate of drug-likeness (QED) is 0.481. The molecule has 2 aromatic heterocycles. The largest absolute Gasteiger partial charge is 0.366 e. The van der Waals surface area contributed by atoms with Crippen LogP contribution in [0, 0.1) is 28.8 Å². The molecule has 12 heteroatoms. The number of amides is 1. The van der Waals surface area contributed by atoms with Gasteiger partial charge in [0.1, 0.15) is 36.4 Å². The van der Waals surface area contributed by atoms with E-state index >= 15 is 0 Å². The van der Waals surface area contributed by atoms with E-state index in [0.29, 0.717) is 17.8 Å². The number of aromatic nitrogens is 4. The van der Waals surface area contributed by atoms with E-state index in [1.54, 1.807) is 12.3 Å². The second-order valence-electron chi connectivity index (χ2n) is 5.95. The van der Waals surface area contributed by atoms with E-state index in [1.807, 2.05) is 0 Å². The van der Waals surface area contributed by atoms with Crippen molar-refractivity contribution in [3.05, 3.63) is 59.8 Å². The summed E-state index contributed by atoms with van der Waals surface area (Å²) in [4.78, 5) is 19.8. The van der Waals surface area contributed by atoms with Gasteiger partial charge >= 0.3 is 0 Å². The van der Waals surface area contributed by atoms with Crippen LogP contribution >= 0.6 is 0 Å². The van der Waals surface area contributed by atoms with Crippen LogP contribution in [0.1, 0.15) is 5.56 Å². The average molecular weight is 416 g/mol. The molecule has 0 aliphatic rings. The van der Waals surface area contributed by atoms with Gasteiger partial charge in [-0.25, -0.2) is 18.2 Å². The van der Waals surface area contributed by atoms with Crippen LogP contribution in [0.4, 0.5) is 30.6 Å². The molecule has 1 aromatic carbocycles. The van der Waals surface area contributed by atoms with E-state index in [-0.39, 0.29) is 42.9 Å². The summed E-state index contributed by atoms with van der Waals surface area (Å²) < 4.78 is 41.8. The van der Waals surface area contributed by atoms with Crippen LogP contribution in [0.15, 0.2) is 36.8 Å². The maximum atomic E-state index is 13.7. The summed E-state index contributed by atoms with van der Waals surface area (Å²) >= 11 is 0. The molecule has 0 aliphatic heterocycles. The molecule has 0 bridgehead atoms. The van der Waals surface area contributed by atoms with E-state index in [0.717, 1.165) is 0 Å². The molecule has 9 nitrogen and oxygen atoms in total. The highest BCUT2D eigenvalue weighted by Gasteiger charge is 2.12. The molecule has 1 amide bonds. The van der Waals surface area contributed by atoms with Gasteiger partial charge < -0.3 is 16.0 Å². The molecule has 3 rings (SSSR count). The lowest BCUT2D eigenvalue weighted by molar-refractivity contribution is -0.121. The number of hydrogen-bond donors (Lipinski definition) is 3. The van der Waals surface area contributed by atoms with E-state index < -0.39 is 17.5 Å². The molecule has 0 aliphatic carbocycles. The maximum absolute atomic E-state index is 13.7. The number of benzene rings is 1. The minimum atomic E-state index is -1.00. The lowest BCUT2D eigenvalue weighted by atomic mass is 10.2. The zero-order chi connectivity index (χ0) is 21.5. The molecule has 2 heterocycles. The summed E-state index contributed by atoms with van der Waals surface area (Å²) in [7, 11) is 0. The molecule has 154 valence electrons. The predicted molar refractivity (Wildman–Crippen MR) is 99.8 cm³/mol. The first-order chi connectivity index (χ1) is 14.4. The van der Waals surface area contributed by atoms with Crippen LogP contribution in [0.5, 0.6) is 0 Å². The van der Waals surface area contributed by atoms with Gasteiger partial charge in [0, 0.05) is 36.6 Å². The number of nitriles is 1. The third-order valence-corrected chi connectivity index (χ3v) is 3.77. The lowest BCUT2D eigenvalue weighted by Crippen LogP contribution is -2.27. The van der Waals surface area contributed by atoms with Gasteiger partial charge in [0.25, 0.3) is 0 Å². The molecular formula is C18H15F3N8O. The van der Waals surface area contributed by atoms with Crippen molar-refractivity contribution in [3.63, 3.8) is 0 Å². The van der Waals surface area contributed by atoms with Gasteiger partial charge in [0.05, 0.1) is 18.0 Å². The molecule has 0 saturated heterocycles. The highest BCUT2D eigenvalue weighted by atomic mass is 19.1. The van der Waals surface area contributed by atoms with Crippen LogP contribution in [0.2, 0.25) is 0 Å². The number of rotatable bonds is 8. The Balaban J connectivity index is 1.61. The Labute approximate surface area is 168 Å². The Hall–Kier alpha value is -4.14. The summed E-state index contributed by atoms with van der Waals surface area (Å²) in [6.45, 7) is -0.407. The molecular weight excluding hydrogens is 401 g/mol. The second-order valence-corrected chi connectivity index (χ2v) is 5.95. The number of halogens is 3. The van der Waals surface area contributed by atoms with Crippen LogP contribution in [0.3, 0.4) is 0 Å². The van der Waals surface area contributed by atoms with Crippen molar-refractivity contribution in [2.45, 2.75) is 13.1 Å². The number of nitrogens with zero attached hydrogens (tertiary/aromatic N) is 5. The Kier molecular flexibility index (Phi) is 6.43. The fourth-order valence-corrected chi connectivity index (χ4v) is 2.42. The van der Waals surface area contributed by atoms with Crippen molar-refractivity contribution in [2.75, 3.05) is 17.2 Å². The number of nitrogens with one attached hydrogen (secondary N) is 3. The van der Waals surface area contributed by atoms with E-state index in [9.17, 15) is 18.0 Å². The molecule has 30 heavy (non-hydrogen) atoms. The van der Waals surface area contributed by atoms with Crippen molar-refractivity contribution in [1.29, 1.82) is 5.26 Å². The van der Waals surface area contributed by atoms with Gasteiger partial charge in [-0.15, -0.1) is 0 Å². The minimum absolute atomic E-state index is 0.0688. The topological polar surface area (TPSA) is 121 Å². The van der Waals surface area contributed by atoms with Crippen molar-refractivity contribution < 1.29 is 18.0 Å². The highest BCUT2D eigenvalue weighted by Crippen LogP contribution is 2.17. The minimum Gasteiger partial charge on any atom is -0.366 e. The fraction of sp³-hybridized carbons (Fsp3) is 0.167. The Morgan fingerprint density at radius 1 is 1.23 bits per heavy atom. The SMILES string of the molecule is N#CCNC(=O)Cn1cc(Nc2nccc(NCc3c(F)cc(F)cc3F)n2)cn1. The molecule has 3 aromatic rings. The van der Waals surface area contributed by atoms with Crippen LogP contribution in [-0.4, -0.2) is 32.2 Å². The summed E-state index contributed by atoms with van der Waals surface area (Å²) in [6.07, 6.45) is 4.41. The first kappa shape index (κ1) is 20.6. The monoisotopic (exact) mass is 416 g/mol. The summed E-state index contributed by atoms with van der Waals surface area (Å²) in [5.41, 5.74) is 0.177. The normalized spacial score (nSPS) is 10.3. The van der Waals surface area contributed by atoms with Crippen molar-refractivity contribution >= 4 is 23.4 Å². The van der Waals surface area contributed by atoms with E-state index in [4.69, 9.17) is 5.26 Å². The van der Waals surface area contributed by atoms with Gasteiger partial charge in [-0.3, -0.25) is 9.48 Å². The summed E-state index contributed by atoms with van der Waals surface area (Å²) in [6, 6.07) is 4.50. The third kappa shape index (κ3) is 5.44. The van der Waals surface area contributed by atoms with Crippen molar-refractivity contribution in [2.24, 2.45) is 0 Å². The Morgan fingerprint density at radius 3 is 2.73 bits per heavy atom. The summed E-state index contributed by atoms with van der Waals surface area (Å²) in [5, 5.41) is 20.5. The predicted octanol–water partition coefficient (Wildman–Crippen LogP) is 2.09. The Bertz CT molecular complexity index is 1070. The first-order valence-corrected chi connectivity index (χ1v) is 8.58. The molecule has 0 radical (unpaired) electrons. The van der Waals surface area contributed by atoms with Gasteiger partial charge in [-0.1, -0.05) is 0 Å². The summed E-state index contributed by atoms with van der Waals surface area (Å²) in [5.74, 6) is -2.91. The zero-order valence-electron chi connectivity index (χ0n) is 15.4. The maximum Gasteiger partial charge on any atom is 0.242 e. The van der Waals surface area contributed by atoms with Gasteiger partial charge in [0.2, 0.25) is 11.9 Å². The number of hydrogen-bond acceptors (Lipinski definition) is 7.